The highest BCUT2D eigenvalue weighted by molar-refractivity contribution is 7.94. The molecular formula is C14H15N3O3S2. The number of hydrogen-bond acceptors (Lipinski definition) is 5. The van der Waals surface area contributed by atoms with Crippen LogP contribution < -0.4 is 15.4 Å². The van der Waals surface area contributed by atoms with Crippen molar-refractivity contribution in [3.63, 3.8) is 0 Å². The van der Waals surface area contributed by atoms with Crippen molar-refractivity contribution in [3.8, 4) is 0 Å². The molecule has 1 aliphatic heterocycles. The van der Waals surface area contributed by atoms with Crippen LogP contribution in [0.15, 0.2) is 39.9 Å². The molecule has 0 saturated heterocycles. The maximum atomic E-state index is 12.7. The van der Waals surface area contributed by atoms with Gasteiger partial charge in [0.1, 0.15) is 4.21 Å². The number of benzene rings is 1. The number of rotatable bonds is 4. The molecule has 22 heavy (non-hydrogen) atoms. The summed E-state index contributed by atoms with van der Waals surface area (Å²) in [6, 6.07) is 8.59. The lowest BCUT2D eigenvalue weighted by atomic mass is 10.1. The van der Waals surface area contributed by atoms with Gasteiger partial charge in [-0.3, -0.25) is 9.10 Å². The van der Waals surface area contributed by atoms with Gasteiger partial charge in [-0.2, -0.15) is 0 Å². The van der Waals surface area contributed by atoms with Crippen molar-refractivity contribution < 1.29 is 13.2 Å². The number of thiophene rings is 1. The van der Waals surface area contributed by atoms with E-state index in [4.69, 9.17) is 5.73 Å². The predicted molar refractivity (Wildman–Crippen MR) is 86.7 cm³/mol. The molecule has 0 spiro atoms. The fourth-order valence-corrected chi connectivity index (χ4v) is 5.01. The number of nitrogens with zero attached hydrogens (tertiary/aromatic N) is 1. The molecule has 2 aromatic rings. The molecule has 0 unspecified atom stereocenters. The monoisotopic (exact) mass is 337 g/mol. The average Bonchev–Trinajstić information content (AvgIpc) is 3.16. The Hall–Kier alpha value is -1.90. The quantitative estimate of drug-likeness (QED) is 0.882. The second-order valence-electron chi connectivity index (χ2n) is 4.86. The normalized spacial score (nSPS) is 14.0. The number of nitrogens with one attached hydrogen (secondary N) is 1. The topological polar surface area (TPSA) is 92.5 Å². The Morgan fingerprint density at radius 3 is 2.86 bits per heavy atom. The predicted octanol–water partition coefficient (Wildman–Crippen LogP) is 1.40. The molecule has 2 heterocycles. The van der Waals surface area contributed by atoms with Crippen molar-refractivity contribution in [2.24, 2.45) is 5.73 Å². The smallest absolute Gasteiger partial charge is 0.273 e. The molecule has 0 aliphatic carbocycles. The van der Waals surface area contributed by atoms with Crippen LogP contribution in [0, 0.1) is 0 Å². The number of anilines is 2. The van der Waals surface area contributed by atoms with Crippen molar-refractivity contribution in [2.45, 2.75) is 10.6 Å². The second kappa shape index (κ2) is 5.71. The van der Waals surface area contributed by atoms with E-state index >= 15 is 0 Å². The third-order valence-electron chi connectivity index (χ3n) is 3.45. The van der Waals surface area contributed by atoms with Crippen LogP contribution >= 0.6 is 11.3 Å². The average molecular weight is 337 g/mol. The highest BCUT2D eigenvalue weighted by atomic mass is 32.2. The zero-order valence-corrected chi connectivity index (χ0v) is 13.3. The van der Waals surface area contributed by atoms with Gasteiger partial charge in [0, 0.05) is 12.2 Å². The molecular weight excluding hydrogens is 322 g/mol. The lowest BCUT2D eigenvalue weighted by molar-refractivity contribution is -0.114. The zero-order chi connectivity index (χ0) is 15.7. The molecule has 3 rings (SSSR count). The molecule has 0 bridgehead atoms. The van der Waals surface area contributed by atoms with Gasteiger partial charge in [0.15, 0.2) is 0 Å². The van der Waals surface area contributed by atoms with Crippen LogP contribution in [0.1, 0.15) is 5.56 Å². The van der Waals surface area contributed by atoms with E-state index in [-0.39, 0.29) is 12.5 Å². The molecule has 1 amide bonds. The lowest BCUT2D eigenvalue weighted by Crippen LogP contribution is -2.28. The van der Waals surface area contributed by atoms with Gasteiger partial charge >= 0.3 is 0 Å². The van der Waals surface area contributed by atoms with E-state index in [1.54, 1.807) is 29.6 Å². The number of nitrogens with two attached hydrogens (primary N) is 1. The molecule has 0 fully saturated rings. The van der Waals surface area contributed by atoms with Gasteiger partial charge in [-0.05, 0) is 35.6 Å². The Kier molecular flexibility index (Phi) is 3.90. The maximum absolute atomic E-state index is 12.7. The van der Waals surface area contributed by atoms with Crippen LogP contribution in [0.25, 0.3) is 0 Å². The summed E-state index contributed by atoms with van der Waals surface area (Å²) in [5.41, 5.74) is 7.38. The van der Waals surface area contributed by atoms with Crippen LogP contribution in [0.3, 0.4) is 0 Å². The molecule has 0 saturated carbocycles. The Morgan fingerprint density at radius 2 is 2.18 bits per heavy atom. The van der Waals surface area contributed by atoms with Crippen molar-refractivity contribution in [2.75, 3.05) is 22.7 Å². The fraction of sp³-hybridized carbons (Fsp3) is 0.214. The van der Waals surface area contributed by atoms with Gasteiger partial charge in [-0.15, -0.1) is 11.3 Å². The number of amides is 1. The van der Waals surface area contributed by atoms with E-state index in [1.165, 1.54) is 15.6 Å². The molecule has 1 aliphatic rings. The van der Waals surface area contributed by atoms with Gasteiger partial charge in [0.05, 0.1) is 12.2 Å². The molecule has 116 valence electrons. The van der Waals surface area contributed by atoms with Crippen LogP contribution in [0.2, 0.25) is 0 Å². The molecule has 1 aromatic heterocycles. The number of carbonyl (C=O) groups is 1. The first-order chi connectivity index (χ1) is 10.5. The second-order valence-corrected chi connectivity index (χ2v) is 7.89. The van der Waals surface area contributed by atoms with E-state index in [2.05, 4.69) is 5.32 Å². The Labute approximate surface area is 132 Å². The molecule has 1 aromatic carbocycles. The Morgan fingerprint density at radius 1 is 1.36 bits per heavy atom. The van der Waals surface area contributed by atoms with Gasteiger partial charge in [-0.1, -0.05) is 12.1 Å². The molecule has 0 radical (unpaired) electrons. The van der Waals surface area contributed by atoms with Crippen molar-refractivity contribution >= 4 is 38.6 Å². The molecule has 3 N–H and O–H groups in total. The Bertz CT molecular complexity index is 801. The summed E-state index contributed by atoms with van der Waals surface area (Å²) in [6.45, 7) is 0.290. The summed E-state index contributed by atoms with van der Waals surface area (Å²) in [5.74, 6) is -0.314. The third-order valence-corrected chi connectivity index (χ3v) is 6.63. The van der Waals surface area contributed by atoms with Crippen LogP contribution in [-0.4, -0.2) is 27.4 Å². The highest BCUT2D eigenvalue weighted by Gasteiger charge is 2.31. The van der Waals surface area contributed by atoms with E-state index < -0.39 is 10.0 Å². The summed E-state index contributed by atoms with van der Waals surface area (Å²) in [5, 5.41) is 4.38. The van der Waals surface area contributed by atoms with Crippen LogP contribution in [-0.2, 0) is 21.2 Å². The fourth-order valence-electron chi connectivity index (χ4n) is 2.41. The van der Waals surface area contributed by atoms with Gasteiger partial charge < -0.3 is 11.1 Å². The van der Waals surface area contributed by atoms with Gasteiger partial charge in [-0.25, -0.2) is 8.42 Å². The van der Waals surface area contributed by atoms with Crippen LogP contribution in [0.5, 0.6) is 0 Å². The van der Waals surface area contributed by atoms with E-state index in [1.807, 2.05) is 6.07 Å². The minimum absolute atomic E-state index is 0.117. The summed E-state index contributed by atoms with van der Waals surface area (Å²) in [7, 11) is -3.55. The van der Waals surface area contributed by atoms with Crippen molar-refractivity contribution in [1.29, 1.82) is 0 Å². The first-order valence-corrected chi connectivity index (χ1v) is 9.03. The highest BCUT2D eigenvalue weighted by Crippen LogP contribution is 2.35. The van der Waals surface area contributed by atoms with E-state index in [0.717, 1.165) is 5.56 Å². The minimum Gasteiger partial charge on any atom is -0.325 e. The standard InChI is InChI=1S/C14H15N3O3S2/c15-9-13(18)16-11-4-3-10-5-6-17(12(10)8-11)22(19,20)14-2-1-7-21-14/h1-4,7-8H,5-6,9,15H2,(H,16,18). The van der Waals surface area contributed by atoms with Crippen LogP contribution in [0.4, 0.5) is 11.4 Å². The van der Waals surface area contributed by atoms with Gasteiger partial charge in [0.2, 0.25) is 5.91 Å². The third kappa shape index (κ3) is 2.60. The summed E-state index contributed by atoms with van der Waals surface area (Å²) in [6.07, 6.45) is 0.658. The molecule has 6 nitrogen and oxygen atoms in total. The van der Waals surface area contributed by atoms with Crippen molar-refractivity contribution in [1.82, 2.24) is 0 Å². The summed E-state index contributed by atoms with van der Waals surface area (Å²) >= 11 is 1.19. The largest absolute Gasteiger partial charge is 0.325 e. The lowest BCUT2D eigenvalue weighted by Gasteiger charge is -2.19. The maximum Gasteiger partial charge on any atom is 0.273 e. The minimum atomic E-state index is -3.55. The number of sulfonamides is 1. The number of hydrogen-bond donors (Lipinski definition) is 2. The molecule has 0 atom stereocenters. The van der Waals surface area contributed by atoms with E-state index in [0.29, 0.717) is 28.5 Å². The van der Waals surface area contributed by atoms with E-state index in [9.17, 15) is 13.2 Å². The summed E-state index contributed by atoms with van der Waals surface area (Å²) < 4.78 is 27.1. The first kappa shape index (κ1) is 15.0. The number of fused-ring (bicyclic) bond motifs is 1. The summed E-state index contributed by atoms with van der Waals surface area (Å²) in [4.78, 5) is 11.4. The zero-order valence-electron chi connectivity index (χ0n) is 11.7. The van der Waals surface area contributed by atoms with Gasteiger partial charge in [0.25, 0.3) is 10.0 Å². The SMILES string of the molecule is NCC(=O)Nc1ccc2c(c1)N(S(=O)(=O)c1cccs1)CC2. The first-order valence-electron chi connectivity index (χ1n) is 6.71. The number of carbonyl (C=O) groups excluding carboxylic acids is 1. The molecule has 8 heteroatoms. The Balaban J connectivity index is 1.97. The van der Waals surface area contributed by atoms with Crippen molar-refractivity contribution in [3.05, 3.63) is 41.3 Å².